The number of nitrogens with one attached hydrogen (secondary N) is 1. The monoisotopic (exact) mass is 388 g/mol. The summed E-state index contributed by atoms with van der Waals surface area (Å²) in [4.78, 5) is 2.36. The molecule has 0 saturated carbocycles. The fourth-order valence-electron chi connectivity index (χ4n) is 3.02. The summed E-state index contributed by atoms with van der Waals surface area (Å²) in [5.41, 5.74) is 18.2. The Balaban J connectivity index is 0.000000253. The molecule has 0 fully saturated rings. The number of nitrogen functional groups attached to an aromatic ring is 2. The Kier molecular flexibility index (Phi) is 8.16. The van der Waals surface area contributed by atoms with Crippen molar-refractivity contribution in [2.45, 2.75) is 20.8 Å². The molecule has 0 atom stereocenters. The number of para-hydroxylation sites is 1. The van der Waals surface area contributed by atoms with Crippen LogP contribution in [0.4, 0.5) is 28.4 Å². The molecule has 4 nitrogen and oxygen atoms in total. The summed E-state index contributed by atoms with van der Waals surface area (Å²) >= 11 is 0. The van der Waals surface area contributed by atoms with Crippen molar-refractivity contribution in [1.29, 1.82) is 0 Å². The van der Waals surface area contributed by atoms with Gasteiger partial charge in [-0.3, -0.25) is 0 Å². The largest absolute Gasteiger partial charge is 0.399 e. The van der Waals surface area contributed by atoms with Gasteiger partial charge in [0.25, 0.3) is 0 Å². The zero-order valence-electron chi connectivity index (χ0n) is 17.7. The molecule has 29 heavy (non-hydrogen) atoms. The standard InChI is InChI=1S/C17H22N2.C8H10N2/c1-4-19(5-2)16-11-12-17(14(3)13-16)18-15-9-7-6-8-10-15;1-2-6-5-7(9)3-4-8(6)10/h6-13,18H,4-5H2,1-3H3;2-5H,1,9-10H2. The second-order valence-corrected chi connectivity index (χ2v) is 6.76. The third-order valence-electron chi connectivity index (χ3n) is 4.72. The highest BCUT2D eigenvalue weighted by atomic mass is 15.1. The van der Waals surface area contributed by atoms with Gasteiger partial charge in [-0.15, -0.1) is 0 Å². The first-order chi connectivity index (χ1) is 14.0. The molecule has 5 N–H and O–H groups in total. The lowest BCUT2D eigenvalue weighted by Gasteiger charge is -2.22. The van der Waals surface area contributed by atoms with Gasteiger partial charge < -0.3 is 21.7 Å². The fourth-order valence-corrected chi connectivity index (χ4v) is 3.02. The second-order valence-electron chi connectivity index (χ2n) is 6.76. The summed E-state index contributed by atoms with van der Waals surface area (Å²) in [5.74, 6) is 0. The minimum absolute atomic E-state index is 0.712. The van der Waals surface area contributed by atoms with E-state index in [1.807, 2.05) is 18.2 Å². The summed E-state index contributed by atoms with van der Waals surface area (Å²) in [7, 11) is 0. The van der Waals surface area contributed by atoms with Crippen LogP contribution in [-0.2, 0) is 0 Å². The summed E-state index contributed by atoms with van der Waals surface area (Å²) < 4.78 is 0. The zero-order valence-corrected chi connectivity index (χ0v) is 17.7. The van der Waals surface area contributed by atoms with Crippen molar-refractivity contribution < 1.29 is 0 Å². The highest BCUT2D eigenvalue weighted by molar-refractivity contribution is 5.68. The van der Waals surface area contributed by atoms with E-state index in [4.69, 9.17) is 11.5 Å². The Morgan fingerprint density at radius 1 is 0.931 bits per heavy atom. The van der Waals surface area contributed by atoms with Crippen LogP contribution in [-0.4, -0.2) is 13.1 Å². The number of aryl methyl sites for hydroxylation is 1. The average Bonchev–Trinajstić information content (AvgIpc) is 2.74. The number of anilines is 5. The van der Waals surface area contributed by atoms with Gasteiger partial charge in [-0.1, -0.05) is 30.9 Å². The predicted octanol–water partition coefficient (Wildman–Crippen LogP) is 6.08. The van der Waals surface area contributed by atoms with Crippen molar-refractivity contribution in [3.05, 3.63) is 84.4 Å². The van der Waals surface area contributed by atoms with Crippen molar-refractivity contribution in [2.24, 2.45) is 0 Å². The van der Waals surface area contributed by atoms with E-state index >= 15 is 0 Å². The Morgan fingerprint density at radius 3 is 2.17 bits per heavy atom. The van der Waals surface area contributed by atoms with Gasteiger partial charge in [0.05, 0.1) is 0 Å². The zero-order chi connectivity index (χ0) is 21.2. The molecule has 3 aromatic rings. The molecule has 0 saturated heterocycles. The molecule has 3 aromatic carbocycles. The van der Waals surface area contributed by atoms with Crippen molar-refractivity contribution >= 4 is 34.5 Å². The number of benzene rings is 3. The van der Waals surface area contributed by atoms with Gasteiger partial charge in [-0.2, -0.15) is 0 Å². The van der Waals surface area contributed by atoms with Gasteiger partial charge in [0.1, 0.15) is 0 Å². The first-order valence-corrected chi connectivity index (χ1v) is 9.93. The topological polar surface area (TPSA) is 67.3 Å². The van der Waals surface area contributed by atoms with Crippen LogP contribution >= 0.6 is 0 Å². The molecule has 152 valence electrons. The lowest BCUT2D eigenvalue weighted by atomic mass is 10.1. The van der Waals surface area contributed by atoms with E-state index in [0.717, 1.165) is 24.3 Å². The molecule has 0 bridgehead atoms. The third-order valence-corrected chi connectivity index (χ3v) is 4.72. The van der Waals surface area contributed by atoms with Crippen LogP contribution in [0.1, 0.15) is 25.0 Å². The van der Waals surface area contributed by atoms with Crippen molar-refractivity contribution in [3.8, 4) is 0 Å². The second kappa shape index (κ2) is 10.8. The maximum absolute atomic E-state index is 5.57. The summed E-state index contributed by atoms with van der Waals surface area (Å²) in [6.07, 6.45) is 1.69. The number of hydrogen-bond acceptors (Lipinski definition) is 4. The van der Waals surface area contributed by atoms with Gasteiger partial charge in [0.2, 0.25) is 0 Å². The number of rotatable bonds is 6. The van der Waals surface area contributed by atoms with E-state index in [-0.39, 0.29) is 0 Å². The smallest absolute Gasteiger partial charge is 0.0415 e. The van der Waals surface area contributed by atoms with Gasteiger partial charge in [-0.25, -0.2) is 0 Å². The van der Waals surface area contributed by atoms with Crippen LogP contribution < -0.4 is 21.7 Å². The Labute approximate surface area is 174 Å². The minimum atomic E-state index is 0.712. The van der Waals surface area contributed by atoms with Crippen LogP contribution in [0.5, 0.6) is 0 Å². The molecule has 0 aliphatic carbocycles. The van der Waals surface area contributed by atoms with Crippen LogP contribution in [0.2, 0.25) is 0 Å². The number of nitrogens with two attached hydrogens (primary N) is 2. The van der Waals surface area contributed by atoms with Crippen LogP contribution in [0, 0.1) is 6.92 Å². The van der Waals surface area contributed by atoms with E-state index in [1.54, 1.807) is 24.3 Å². The minimum Gasteiger partial charge on any atom is -0.399 e. The van der Waals surface area contributed by atoms with Crippen LogP contribution in [0.25, 0.3) is 6.08 Å². The molecule has 0 radical (unpaired) electrons. The normalized spacial score (nSPS) is 9.90. The van der Waals surface area contributed by atoms with E-state index in [9.17, 15) is 0 Å². The van der Waals surface area contributed by atoms with Gasteiger partial charge in [0.15, 0.2) is 0 Å². The first kappa shape index (κ1) is 21.9. The molecule has 0 amide bonds. The lowest BCUT2D eigenvalue weighted by molar-refractivity contribution is 0.866. The molecule has 0 aliphatic heterocycles. The Bertz CT molecular complexity index is 915. The maximum atomic E-state index is 5.57. The van der Waals surface area contributed by atoms with Gasteiger partial charge in [0, 0.05) is 41.5 Å². The SMILES string of the molecule is C=Cc1cc(N)ccc1N.CCN(CC)c1ccc(Nc2ccccc2)c(C)c1. The molecule has 0 unspecified atom stereocenters. The fraction of sp³-hybridized carbons (Fsp3) is 0.200. The molecular weight excluding hydrogens is 356 g/mol. The van der Waals surface area contributed by atoms with E-state index in [2.05, 4.69) is 67.9 Å². The molecule has 3 rings (SSSR count). The first-order valence-electron chi connectivity index (χ1n) is 9.93. The van der Waals surface area contributed by atoms with E-state index in [0.29, 0.717) is 11.4 Å². The molecular formula is C25H32N4. The van der Waals surface area contributed by atoms with Gasteiger partial charge in [-0.05, 0) is 80.4 Å². The Hall–Kier alpha value is -3.40. The van der Waals surface area contributed by atoms with E-state index < -0.39 is 0 Å². The van der Waals surface area contributed by atoms with Crippen molar-refractivity contribution in [1.82, 2.24) is 0 Å². The van der Waals surface area contributed by atoms with Gasteiger partial charge >= 0.3 is 0 Å². The third kappa shape index (κ3) is 6.32. The quantitative estimate of drug-likeness (QED) is 0.448. The molecule has 0 spiro atoms. The van der Waals surface area contributed by atoms with E-state index in [1.165, 1.54) is 16.9 Å². The summed E-state index contributed by atoms with van der Waals surface area (Å²) in [6.45, 7) is 12.2. The highest BCUT2D eigenvalue weighted by Gasteiger charge is 2.05. The Morgan fingerprint density at radius 2 is 1.62 bits per heavy atom. The van der Waals surface area contributed by atoms with Crippen LogP contribution in [0.15, 0.2) is 73.3 Å². The highest BCUT2D eigenvalue weighted by Crippen LogP contribution is 2.25. The van der Waals surface area contributed by atoms with Crippen molar-refractivity contribution in [2.75, 3.05) is 34.8 Å². The summed E-state index contributed by atoms with van der Waals surface area (Å²) in [5, 5.41) is 3.46. The predicted molar refractivity (Wildman–Crippen MR) is 130 cm³/mol. The molecule has 0 aromatic heterocycles. The average molecular weight is 389 g/mol. The number of hydrogen-bond donors (Lipinski definition) is 3. The van der Waals surface area contributed by atoms with Crippen molar-refractivity contribution in [3.63, 3.8) is 0 Å². The molecule has 0 heterocycles. The van der Waals surface area contributed by atoms with Crippen LogP contribution in [0.3, 0.4) is 0 Å². The maximum Gasteiger partial charge on any atom is 0.0415 e. The molecule has 0 aliphatic rings. The summed E-state index contributed by atoms with van der Waals surface area (Å²) in [6, 6.07) is 22.2. The molecule has 4 heteroatoms. The number of nitrogens with zero attached hydrogens (tertiary/aromatic N) is 1. The lowest BCUT2D eigenvalue weighted by Crippen LogP contribution is -2.21.